The second kappa shape index (κ2) is 6.26. The minimum atomic E-state index is -3.58. The Morgan fingerprint density at radius 1 is 1.15 bits per heavy atom. The van der Waals surface area contributed by atoms with Crippen LogP contribution in [0, 0.1) is 13.8 Å². The molecule has 1 aromatic rings. The van der Waals surface area contributed by atoms with Crippen molar-refractivity contribution in [1.29, 1.82) is 0 Å². The van der Waals surface area contributed by atoms with Gasteiger partial charge in [-0.05, 0) is 33.7 Å². The van der Waals surface area contributed by atoms with Crippen molar-refractivity contribution in [2.45, 2.75) is 44.6 Å². The van der Waals surface area contributed by atoms with E-state index in [0.29, 0.717) is 23.6 Å². The lowest BCUT2D eigenvalue weighted by atomic mass is 10.2. The summed E-state index contributed by atoms with van der Waals surface area (Å²) < 4.78 is 30.7. The topological polar surface area (TPSA) is 74.6 Å². The summed E-state index contributed by atoms with van der Waals surface area (Å²) >= 11 is 0. The van der Waals surface area contributed by atoms with Gasteiger partial charge in [0.15, 0.2) is 0 Å². The van der Waals surface area contributed by atoms with Crippen LogP contribution in [0.2, 0.25) is 0 Å². The third-order valence-corrected chi connectivity index (χ3v) is 5.12. The molecule has 0 aliphatic carbocycles. The SMILES string of the molecule is CNCc1c(C)oc(C)c1S(=O)(=O)NN1CCCCC1. The van der Waals surface area contributed by atoms with Gasteiger partial charge in [0, 0.05) is 25.2 Å². The molecule has 0 unspecified atom stereocenters. The normalized spacial score (nSPS) is 17.6. The molecule has 1 aliphatic rings. The molecule has 0 amide bonds. The maximum Gasteiger partial charge on any atom is 0.257 e. The average Bonchev–Trinajstić information content (AvgIpc) is 2.66. The number of piperidine rings is 1. The van der Waals surface area contributed by atoms with Crippen LogP contribution < -0.4 is 10.1 Å². The first-order valence-electron chi connectivity index (χ1n) is 6.96. The number of nitrogens with zero attached hydrogens (tertiary/aromatic N) is 1. The molecule has 0 saturated carbocycles. The maximum atomic E-state index is 12.6. The fourth-order valence-electron chi connectivity index (χ4n) is 2.64. The Morgan fingerprint density at radius 3 is 2.40 bits per heavy atom. The van der Waals surface area contributed by atoms with Crippen LogP contribution in [0.25, 0.3) is 0 Å². The van der Waals surface area contributed by atoms with Crippen molar-refractivity contribution in [2.75, 3.05) is 20.1 Å². The van der Waals surface area contributed by atoms with Crippen LogP contribution in [-0.4, -0.2) is 33.6 Å². The molecular formula is C13H23N3O3S. The molecule has 6 nitrogen and oxygen atoms in total. The van der Waals surface area contributed by atoms with Gasteiger partial charge in [0.1, 0.15) is 16.4 Å². The van der Waals surface area contributed by atoms with Crippen molar-refractivity contribution < 1.29 is 12.8 Å². The first-order valence-corrected chi connectivity index (χ1v) is 8.45. The second-order valence-corrected chi connectivity index (χ2v) is 6.79. The first-order chi connectivity index (χ1) is 9.45. The minimum absolute atomic E-state index is 0.273. The van der Waals surface area contributed by atoms with E-state index in [1.165, 1.54) is 0 Å². The largest absolute Gasteiger partial charge is 0.465 e. The molecule has 20 heavy (non-hydrogen) atoms. The molecule has 0 radical (unpaired) electrons. The number of hydrazine groups is 1. The fraction of sp³-hybridized carbons (Fsp3) is 0.692. The third kappa shape index (κ3) is 3.22. The molecule has 0 bridgehead atoms. The van der Waals surface area contributed by atoms with Crippen LogP contribution in [0.5, 0.6) is 0 Å². The lowest BCUT2D eigenvalue weighted by Crippen LogP contribution is -2.45. The summed E-state index contributed by atoms with van der Waals surface area (Å²) in [7, 11) is -1.79. The summed E-state index contributed by atoms with van der Waals surface area (Å²) in [5.41, 5.74) is 0.703. The van der Waals surface area contributed by atoms with Crippen molar-refractivity contribution in [3.05, 3.63) is 17.1 Å². The summed E-state index contributed by atoms with van der Waals surface area (Å²) in [6.45, 7) is 5.48. The van der Waals surface area contributed by atoms with Crippen molar-refractivity contribution in [3.8, 4) is 0 Å². The van der Waals surface area contributed by atoms with Gasteiger partial charge in [-0.2, -0.15) is 0 Å². The molecule has 1 aliphatic heterocycles. The van der Waals surface area contributed by atoms with Gasteiger partial charge in [0.2, 0.25) is 0 Å². The Hall–Kier alpha value is -0.890. The van der Waals surface area contributed by atoms with Crippen LogP contribution in [0.3, 0.4) is 0 Å². The van der Waals surface area contributed by atoms with Crippen LogP contribution in [0.15, 0.2) is 9.31 Å². The second-order valence-electron chi connectivity index (χ2n) is 5.19. The van der Waals surface area contributed by atoms with E-state index in [-0.39, 0.29) is 4.90 Å². The van der Waals surface area contributed by atoms with E-state index in [0.717, 1.165) is 32.4 Å². The lowest BCUT2D eigenvalue weighted by Gasteiger charge is -2.26. The van der Waals surface area contributed by atoms with Gasteiger partial charge in [-0.3, -0.25) is 0 Å². The quantitative estimate of drug-likeness (QED) is 0.857. The van der Waals surface area contributed by atoms with Gasteiger partial charge in [-0.1, -0.05) is 6.42 Å². The summed E-state index contributed by atoms with van der Waals surface area (Å²) in [6.07, 6.45) is 3.21. The molecule has 7 heteroatoms. The van der Waals surface area contributed by atoms with Gasteiger partial charge in [0.25, 0.3) is 10.0 Å². The number of hydrogen-bond acceptors (Lipinski definition) is 5. The first kappa shape index (κ1) is 15.5. The number of sulfonamides is 1. The molecule has 2 heterocycles. The molecule has 0 aromatic carbocycles. The summed E-state index contributed by atoms with van der Waals surface area (Å²) in [5.74, 6) is 1.09. The highest BCUT2D eigenvalue weighted by atomic mass is 32.2. The molecule has 2 N–H and O–H groups in total. The van der Waals surface area contributed by atoms with Crippen LogP contribution in [-0.2, 0) is 16.6 Å². The van der Waals surface area contributed by atoms with Crippen molar-refractivity contribution in [3.63, 3.8) is 0 Å². The third-order valence-electron chi connectivity index (χ3n) is 3.55. The van der Waals surface area contributed by atoms with Gasteiger partial charge >= 0.3 is 0 Å². The highest BCUT2D eigenvalue weighted by Crippen LogP contribution is 2.26. The number of hydrogen-bond donors (Lipinski definition) is 2. The van der Waals surface area contributed by atoms with E-state index in [1.54, 1.807) is 25.9 Å². The maximum absolute atomic E-state index is 12.6. The number of aryl methyl sites for hydroxylation is 2. The number of rotatable bonds is 5. The number of nitrogens with one attached hydrogen (secondary N) is 2. The van der Waals surface area contributed by atoms with E-state index in [1.807, 2.05) is 0 Å². The summed E-state index contributed by atoms with van der Waals surface area (Å²) in [4.78, 5) is 2.96. The Morgan fingerprint density at radius 2 is 1.80 bits per heavy atom. The monoisotopic (exact) mass is 301 g/mol. The molecule has 1 fully saturated rings. The van der Waals surface area contributed by atoms with Crippen LogP contribution >= 0.6 is 0 Å². The highest BCUT2D eigenvalue weighted by Gasteiger charge is 2.28. The summed E-state index contributed by atoms with van der Waals surface area (Å²) in [6, 6.07) is 0. The standard InChI is InChI=1S/C13H23N3O3S/c1-10-12(9-14-3)13(11(2)19-10)20(17,18)15-16-7-5-4-6-8-16/h14-15H,4-9H2,1-3H3. The predicted molar refractivity (Wildman–Crippen MR) is 76.7 cm³/mol. The Labute approximate surface area is 120 Å². The Kier molecular flexibility index (Phi) is 4.85. The Bertz CT molecular complexity index is 560. The zero-order chi connectivity index (χ0) is 14.8. The molecule has 0 atom stereocenters. The lowest BCUT2D eigenvalue weighted by molar-refractivity contribution is 0.199. The smallest absolute Gasteiger partial charge is 0.257 e. The zero-order valence-corrected chi connectivity index (χ0v) is 13.1. The van der Waals surface area contributed by atoms with Crippen molar-refractivity contribution >= 4 is 10.0 Å². The van der Waals surface area contributed by atoms with E-state index in [9.17, 15) is 8.42 Å². The van der Waals surface area contributed by atoms with Crippen molar-refractivity contribution in [2.24, 2.45) is 0 Å². The van der Waals surface area contributed by atoms with Gasteiger partial charge in [-0.25, -0.2) is 13.4 Å². The predicted octanol–water partition coefficient (Wildman–Crippen LogP) is 1.30. The van der Waals surface area contributed by atoms with Gasteiger partial charge in [-0.15, -0.1) is 4.83 Å². The van der Waals surface area contributed by atoms with Crippen molar-refractivity contribution in [1.82, 2.24) is 15.2 Å². The fourth-order valence-corrected chi connectivity index (χ4v) is 4.22. The van der Waals surface area contributed by atoms with E-state index in [4.69, 9.17) is 4.42 Å². The zero-order valence-electron chi connectivity index (χ0n) is 12.3. The number of furan rings is 1. The van der Waals surface area contributed by atoms with E-state index < -0.39 is 10.0 Å². The van der Waals surface area contributed by atoms with E-state index >= 15 is 0 Å². The summed E-state index contributed by atoms with van der Waals surface area (Å²) in [5, 5.41) is 4.77. The van der Waals surface area contributed by atoms with Gasteiger partial charge in [0.05, 0.1) is 0 Å². The average molecular weight is 301 g/mol. The molecule has 114 valence electrons. The molecule has 1 aromatic heterocycles. The Balaban J connectivity index is 2.28. The molecule has 1 saturated heterocycles. The van der Waals surface area contributed by atoms with E-state index in [2.05, 4.69) is 10.1 Å². The van der Waals surface area contributed by atoms with Crippen LogP contribution in [0.4, 0.5) is 0 Å². The molecular weight excluding hydrogens is 278 g/mol. The molecule has 0 spiro atoms. The minimum Gasteiger partial charge on any atom is -0.465 e. The van der Waals surface area contributed by atoms with Gasteiger partial charge < -0.3 is 9.73 Å². The highest BCUT2D eigenvalue weighted by molar-refractivity contribution is 7.89. The molecule has 2 rings (SSSR count). The van der Waals surface area contributed by atoms with Crippen LogP contribution in [0.1, 0.15) is 36.3 Å².